The predicted molar refractivity (Wildman–Crippen MR) is 401 cm³/mol. The molecule has 23 N–H and O–H groups in total. The van der Waals surface area contributed by atoms with E-state index in [4.69, 9.17) is 51.9 Å². The smallest absolute Gasteiger partial charge is 0.303 e. The number of guanidine groups is 1. The largest absolute Gasteiger partial charge is 0.508 e. The number of nitrogens with two attached hydrogens (primary N) is 5. The lowest BCUT2D eigenvalue weighted by molar-refractivity contribution is -0.139. The van der Waals surface area contributed by atoms with Crippen LogP contribution >= 0.6 is 44.8 Å². The van der Waals surface area contributed by atoms with Crippen molar-refractivity contribution in [2.45, 2.75) is 171 Å². The van der Waals surface area contributed by atoms with Gasteiger partial charge in [0.2, 0.25) is 76.8 Å². The number of hydrogen-bond acceptors (Lipinski definition) is 19. The Kier molecular flexibility index (Phi) is 34.7. The minimum atomic E-state index is -1.81. The summed E-state index contributed by atoms with van der Waals surface area (Å²) in [5.41, 5.74) is 29.5. The minimum absolute atomic E-state index is 0.00286. The van der Waals surface area contributed by atoms with Crippen LogP contribution in [-0.2, 0) is 86.4 Å². The molecule has 13 amide bonds. The molecule has 3 aromatic carbocycles. The molecule has 1 saturated carbocycles. The van der Waals surface area contributed by atoms with E-state index in [9.17, 15) is 76.9 Å². The summed E-state index contributed by atoms with van der Waals surface area (Å²) in [6, 6.07) is -1.21. The second-order valence-corrected chi connectivity index (χ2v) is 29.6. The molecule has 2 aliphatic rings. The van der Waals surface area contributed by atoms with Gasteiger partial charge in [0.1, 0.15) is 65.9 Å². The summed E-state index contributed by atoms with van der Waals surface area (Å²) < 4.78 is 14.8. The Morgan fingerprint density at radius 2 is 1.31 bits per heavy atom. The summed E-state index contributed by atoms with van der Waals surface area (Å²) >= 11 is 13.1. The van der Waals surface area contributed by atoms with Gasteiger partial charge in [0.25, 0.3) is 0 Å². The number of hydrogen-bond donors (Lipinski definition) is 18. The van der Waals surface area contributed by atoms with Gasteiger partial charge >= 0.3 is 5.97 Å². The van der Waals surface area contributed by atoms with Gasteiger partial charge in [-0.25, -0.2) is 4.39 Å². The van der Waals surface area contributed by atoms with E-state index < -0.39 is 213 Å². The van der Waals surface area contributed by atoms with Crippen LogP contribution in [0.4, 0.5) is 4.39 Å². The van der Waals surface area contributed by atoms with Crippen molar-refractivity contribution in [3.05, 3.63) is 99.4 Å². The number of carboxylic acids is 1. The van der Waals surface area contributed by atoms with Crippen LogP contribution in [-0.4, -0.2) is 207 Å². The first kappa shape index (κ1) is 86.9. The molecule has 0 unspecified atom stereocenters. The number of aromatic nitrogens is 1. The first-order valence-corrected chi connectivity index (χ1v) is 38.1. The molecule has 2 heterocycles. The zero-order valence-corrected chi connectivity index (χ0v) is 62.5. The van der Waals surface area contributed by atoms with Gasteiger partial charge in [0, 0.05) is 99.2 Å². The number of amides is 13. The summed E-state index contributed by atoms with van der Waals surface area (Å²) in [7, 11) is 1.64. The molecule has 1 saturated heterocycles. The topological polar surface area (TPSA) is 561 Å². The summed E-state index contributed by atoms with van der Waals surface area (Å²) in [6.07, 6.45) is -0.0414. The van der Waals surface area contributed by atoms with E-state index in [1.54, 1.807) is 13.8 Å². The fourth-order valence-corrected chi connectivity index (χ4v) is 14.6. The molecule has 34 nitrogen and oxygen atoms in total. The molecular formula is C69H93Cl2FN18O16S2. The number of aromatic hydroxyl groups is 1. The number of aromatic amines is 1. The number of carbonyl (C=O) groups is 14. The Bertz CT molecular complexity index is 3920. The molecule has 108 heavy (non-hydrogen) atoms. The Balaban J connectivity index is 1.43. The van der Waals surface area contributed by atoms with Crippen LogP contribution in [0.15, 0.2) is 71.9 Å². The van der Waals surface area contributed by atoms with Gasteiger partial charge in [0.15, 0.2) is 5.96 Å². The Morgan fingerprint density at radius 1 is 0.704 bits per heavy atom. The molecule has 6 rings (SSSR count). The van der Waals surface area contributed by atoms with E-state index in [1.807, 2.05) is 0 Å². The number of benzene rings is 3. The number of phenolic OH excluding ortho intramolecular Hbond substituents is 1. The van der Waals surface area contributed by atoms with E-state index in [2.05, 4.69) is 63.1 Å². The van der Waals surface area contributed by atoms with Crippen molar-refractivity contribution in [3.63, 3.8) is 0 Å². The normalized spacial score (nSPS) is 21.2. The average Bonchev–Trinajstić information content (AvgIpc) is 1.64. The van der Waals surface area contributed by atoms with E-state index in [0.717, 1.165) is 46.6 Å². The van der Waals surface area contributed by atoms with Crippen molar-refractivity contribution in [2.75, 3.05) is 37.7 Å². The first-order chi connectivity index (χ1) is 51.3. The highest BCUT2D eigenvalue weighted by atomic mass is 35.5. The number of aliphatic carboxylic acids is 1. The summed E-state index contributed by atoms with van der Waals surface area (Å²) in [4.78, 5) is 205. The number of fused-ring (bicyclic) bond motifs is 1. The standard InChI is InChI=1S/C69H93Cl2FN18O16S2/c1-35(2)59-68(106)86-49(28-37-7-5-10-43(70)58(37)71)65(103)83-45(11-6-25-79-69(76)77)61(99)78-26-23-54(93)81-46(18-20-53(74)92)62(100)85-50(29-38-31-80-44-17-14-39(72)30-42(38)44)66(104)84-47(19-21-57(96)97)63(101)87-51(60(75)98)33-107-108-34-52(67(105)89-59)88-64(102)48(27-36-12-15-41(91)16-13-36)82-55(94)32-90(56(95)22-24-73)40-8-3-4-9-40/h5,7,10,12-17,30-31,35,40,45-52,59,80,91H,3-4,6,8-9,11,18-29,32-34,73H2,1-2H3,(H2,74,92)(H2,75,98)(H,78,99)(H,81,93)(H,82,94)(H,83,103)(H,84,104)(H,85,100)(H,86,106)(H,87,101)(H,88,102)(H,89,105)(H,96,97)(H4,76,77,79)/t45-,46+,47-,48-,49-,50-,51-,52-,59-/m0/s1. The molecule has 2 fully saturated rings. The van der Waals surface area contributed by atoms with Crippen molar-refractivity contribution in [1.82, 2.24) is 63.1 Å². The molecule has 1 aliphatic heterocycles. The van der Waals surface area contributed by atoms with Crippen molar-refractivity contribution in [2.24, 2.45) is 39.6 Å². The van der Waals surface area contributed by atoms with Gasteiger partial charge in [-0.05, 0) is 97.5 Å². The SMILES string of the molecule is CC(C)[C@@H]1NC(=O)[C@@H](NC(=O)[C@H](Cc2ccc(O)cc2)NC(=O)CN(C(=O)CCN)C2CCCC2)CSSC[C@@H](C(N)=O)NC(=O)[C@H](CCC(=O)O)NC(=O)[C@H](Cc2c[nH]c3ccc(F)cc23)NC(=O)[C@@H](CCC(N)=O)NC(=O)CCNC(=O)[C@H](CCCN=C(N)N)NC(=O)[C@H](Cc2cccc(Cl)c2Cl)NC1=O. The lowest BCUT2D eigenvalue weighted by atomic mass is 10.00. The number of H-pyrrole nitrogens is 1. The van der Waals surface area contributed by atoms with Gasteiger partial charge in [-0.15, -0.1) is 0 Å². The third kappa shape index (κ3) is 28.0. The fraction of sp³-hybridized carbons (Fsp3) is 0.493. The number of phenols is 1. The number of carboxylic acid groups (broad SMARTS) is 1. The Morgan fingerprint density at radius 3 is 1.95 bits per heavy atom. The molecule has 1 aromatic heterocycles. The number of primary amides is 2. The molecule has 39 heteroatoms. The van der Waals surface area contributed by atoms with Gasteiger partial charge < -0.3 is 102 Å². The van der Waals surface area contributed by atoms with Gasteiger partial charge in [-0.3, -0.25) is 72.1 Å². The molecular weight excluding hydrogens is 1490 g/mol. The third-order valence-corrected chi connectivity index (χ3v) is 20.9. The zero-order valence-electron chi connectivity index (χ0n) is 59.4. The molecule has 9 atom stereocenters. The third-order valence-electron chi connectivity index (χ3n) is 17.6. The van der Waals surface area contributed by atoms with Gasteiger partial charge in [0.05, 0.1) is 16.6 Å². The number of nitrogens with one attached hydrogen (secondary N) is 11. The summed E-state index contributed by atoms with van der Waals surface area (Å²) in [6.45, 7) is 2.09. The van der Waals surface area contributed by atoms with E-state index >= 15 is 4.79 Å². The highest BCUT2D eigenvalue weighted by molar-refractivity contribution is 8.76. The molecule has 0 spiro atoms. The fourth-order valence-electron chi connectivity index (χ4n) is 11.8. The maximum Gasteiger partial charge on any atom is 0.303 e. The number of halogens is 3. The monoisotopic (exact) mass is 1580 g/mol. The van der Waals surface area contributed by atoms with Crippen LogP contribution in [0.2, 0.25) is 10.0 Å². The number of nitrogens with zero attached hydrogens (tertiary/aromatic N) is 2. The van der Waals surface area contributed by atoms with E-state index in [1.165, 1.54) is 59.6 Å². The van der Waals surface area contributed by atoms with E-state index in [-0.39, 0.29) is 89.0 Å². The summed E-state index contributed by atoms with van der Waals surface area (Å²) in [5, 5.41) is 46.1. The number of aliphatic imine (C=N–C) groups is 1. The molecule has 588 valence electrons. The van der Waals surface area contributed by atoms with Crippen molar-refractivity contribution >= 4 is 144 Å². The molecule has 0 radical (unpaired) electrons. The highest BCUT2D eigenvalue weighted by Crippen LogP contribution is 2.29. The van der Waals surface area contributed by atoms with E-state index in [0.29, 0.717) is 23.9 Å². The minimum Gasteiger partial charge on any atom is -0.508 e. The Labute approximate surface area is 638 Å². The lowest BCUT2D eigenvalue weighted by Crippen LogP contribution is -2.61. The second kappa shape index (κ2) is 43.1. The van der Waals surface area contributed by atoms with Crippen LogP contribution in [0.3, 0.4) is 0 Å². The molecule has 4 aromatic rings. The van der Waals surface area contributed by atoms with Crippen LogP contribution in [0.5, 0.6) is 5.75 Å². The predicted octanol–water partition coefficient (Wildman–Crippen LogP) is -0.943. The quantitative estimate of drug-likeness (QED) is 0.0156. The Hall–Kier alpha value is -9.98. The molecule has 0 bridgehead atoms. The van der Waals surface area contributed by atoms with Crippen LogP contribution < -0.4 is 81.8 Å². The van der Waals surface area contributed by atoms with Crippen LogP contribution in [0.25, 0.3) is 10.9 Å². The molecule has 1 aliphatic carbocycles. The van der Waals surface area contributed by atoms with Crippen molar-refractivity contribution in [3.8, 4) is 5.75 Å². The van der Waals surface area contributed by atoms with Gasteiger partial charge in [-0.2, -0.15) is 0 Å². The van der Waals surface area contributed by atoms with Crippen molar-refractivity contribution < 1.29 is 81.7 Å². The highest BCUT2D eigenvalue weighted by Gasteiger charge is 2.38. The van der Waals surface area contributed by atoms with Crippen LogP contribution in [0, 0.1) is 11.7 Å². The lowest BCUT2D eigenvalue weighted by Gasteiger charge is -2.30. The maximum atomic E-state index is 15.1. The van der Waals surface area contributed by atoms with Crippen molar-refractivity contribution in [1.29, 1.82) is 0 Å². The first-order valence-electron chi connectivity index (χ1n) is 34.8. The maximum absolute atomic E-state index is 15.1. The second-order valence-electron chi connectivity index (χ2n) is 26.2. The zero-order chi connectivity index (χ0) is 79.3. The summed E-state index contributed by atoms with van der Waals surface area (Å²) in [5.74, 6) is -16.7. The van der Waals surface area contributed by atoms with Gasteiger partial charge in [-0.1, -0.05) is 95.7 Å². The van der Waals surface area contributed by atoms with Crippen LogP contribution in [0.1, 0.15) is 108 Å². The number of carbonyl (C=O) groups excluding carboxylic acids is 13. The number of rotatable bonds is 26. The average molecular weight is 1580 g/mol.